The number of rotatable bonds is 7. The smallest absolute Gasteiger partial charge is 0.323 e. The second-order valence-corrected chi connectivity index (χ2v) is 6.54. The molecule has 0 radical (unpaired) electrons. The van der Waals surface area contributed by atoms with E-state index in [9.17, 15) is 14.7 Å². The van der Waals surface area contributed by atoms with E-state index in [-0.39, 0.29) is 12.3 Å². The first-order chi connectivity index (χ1) is 12.6. The second kappa shape index (κ2) is 8.23. The zero-order chi connectivity index (χ0) is 18.5. The maximum Gasteiger partial charge on any atom is 0.323 e. The molecule has 7 heteroatoms. The lowest BCUT2D eigenvalue weighted by Gasteiger charge is -2.29. The fourth-order valence-electron chi connectivity index (χ4n) is 3.26. The zero-order valence-electron chi connectivity index (χ0n) is 14.9. The first kappa shape index (κ1) is 18.3. The van der Waals surface area contributed by atoms with Crippen LogP contribution in [0.15, 0.2) is 28.7 Å². The minimum atomic E-state index is -1.03. The molecule has 1 amide bonds. The van der Waals surface area contributed by atoms with Crippen molar-refractivity contribution in [3.05, 3.63) is 30.0 Å². The summed E-state index contributed by atoms with van der Waals surface area (Å²) in [5.74, 6) is -0.652. The van der Waals surface area contributed by atoms with E-state index in [2.05, 4.69) is 4.90 Å². The molecule has 1 saturated heterocycles. The van der Waals surface area contributed by atoms with Gasteiger partial charge >= 0.3 is 5.97 Å². The van der Waals surface area contributed by atoms with Crippen LogP contribution in [0.5, 0.6) is 5.75 Å². The van der Waals surface area contributed by atoms with Crippen LogP contribution in [0.25, 0.3) is 11.0 Å². The molecule has 140 valence electrons. The lowest BCUT2D eigenvalue weighted by atomic mass is 10.1. The van der Waals surface area contributed by atoms with Gasteiger partial charge in [0.05, 0.1) is 7.11 Å². The topological polar surface area (TPSA) is 83.2 Å². The van der Waals surface area contributed by atoms with Gasteiger partial charge in [0.2, 0.25) is 0 Å². The Morgan fingerprint density at radius 3 is 2.69 bits per heavy atom. The summed E-state index contributed by atoms with van der Waals surface area (Å²) in [5, 5.41) is 9.95. The van der Waals surface area contributed by atoms with Gasteiger partial charge in [-0.25, -0.2) is 0 Å². The average molecular weight is 360 g/mol. The summed E-state index contributed by atoms with van der Waals surface area (Å²) in [7, 11) is 1.56. The van der Waals surface area contributed by atoms with Crippen LogP contribution < -0.4 is 4.74 Å². The van der Waals surface area contributed by atoms with Crippen LogP contribution in [0.1, 0.15) is 29.8 Å². The predicted molar refractivity (Wildman–Crippen MR) is 96.6 cm³/mol. The fourth-order valence-corrected chi connectivity index (χ4v) is 3.26. The SMILES string of the molecule is COc1ccc2cc(C(=O)N(CCN3CCCCC3)CC(=O)O)oc2c1. The van der Waals surface area contributed by atoms with Crippen LogP contribution in [-0.2, 0) is 4.79 Å². The van der Waals surface area contributed by atoms with Gasteiger partial charge in [-0.3, -0.25) is 9.59 Å². The summed E-state index contributed by atoms with van der Waals surface area (Å²) in [6.45, 7) is 2.70. The predicted octanol–water partition coefficient (Wildman–Crippen LogP) is 2.45. The van der Waals surface area contributed by atoms with E-state index in [4.69, 9.17) is 9.15 Å². The largest absolute Gasteiger partial charge is 0.497 e. The Morgan fingerprint density at radius 2 is 2.00 bits per heavy atom. The van der Waals surface area contributed by atoms with Crippen molar-refractivity contribution in [2.75, 3.05) is 39.8 Å². The third kappa shape index (κ3) is 4.35. The van der Waals surface area contributed by atoms with Gasteiger partial charge in [0.15, 0.2) is 5.76 Å². The molecule has 1 aromatic carbocycles. The van der Waals surface area contributed by atoms with Gasteiger partial charge in [0, 0.05) is 24.5 Å². The molecule has 1 aromatic heterocycles. The van der Waals surface area contributed by atoms with Crippen molar-refractivity contribution in [2.24, 2.45) is 0 Å². The number of hydrogen-bond donors (Lipinski definition) is 1. The molecule has 26 heavy (non-hydrogen) atoms. The van der Waals surface area contributed by atoms with E-state index >= 15 is 0 Å². The second-order valence-electron chi connectivity index (χ2n) is 6.54. The van der Waals surface area contributed by atoms with Gasteiger partial charge in [-0.2, -0.15) is 0 Å². The van der Waals surface area contributed by atoms with Gasteiger partial charge in [-0.1, -0.05) is 6.42 Å². The molecule has 0 unspecified atom stereocenters. The molecular weight excluding hydrogens is 336 g/mol. The number of ether oxygens (including phenoxy) is 1. The summed E-state index contributed by atoms with van der Waals surface area (Å²) in [5.41, 5.74) is 0.541. The Bertz CT molecular complexity index is 779. The number of likely N-dealkylation sites (tertiary alicyclic amines) is 1. The van der Waals surface area contributed by atoms with E-state index < -0.39 is 11.9 Å². The van der Waals surface area contributed by atoms with Crippen molar-refractivity contribution >= 4 is 22.8 Å². The number of carboxylic acids is 1. The van der Waals surface area contributed by atoms with Crippen LogP contribution in [0.3, 0.4) is 0 Å². The van der Waals surface area contributed by atoms with Crippen molar-refractivity contribution in [1.82, 2.24) is 9.80 Å². The van der Waals surface area contributed by atoms with E-state index in [1.54, 1.807) is 25.3 Å². The molecule has 1 aliphatic heterocycles. The Balaban J connectivity index is 1.74. The number of carbonyl (C=O) groups excluding carboxylic acids is 1. The molecular formula is C19H24N2O5. The van der Waals surface area contributed by atoms with Crippen LogP contribution in [0, 0.1) is 0 Å². The Hall–Kier alpha value is -2.54. The van der Waals surface area contributed by atoms with E-state index in [1.165, 1.54) is 11.3 Å². The molecule has 2 heterocycles. The lowest BCUT2D eigenvalue weighted by molar-refractivity contribution is -0.137. The summed E-state index contributed by atoms with van der Waals surface area (Å²) in [6.07, 6.45) is 3.54. The summed E-state index contributed by atoms with van der Waals surface area (Å²) in [4.78, 5) is 27.6. The summed E-state index contributed by atoms with van der Waals surface area (Å²) < 4.78 is 10.8. The van der Waals surface area contributed by atoms with Crippen LogP contribution in [0.4, 0.5) is 0 Å². The fraction of sp³-hybridized carbons (Fsp3) is 0.474. The standard InChI is InChI=1S/C19H24N2O5/c1-25-15-6-5-14-11-17(26-16(14)12-15)19(24)21(13-18(22)23)10-9-20-7-3-2-4-8-20/h5-6,11-12H,2-4,7-10,13H2,1H3,(H,22,23). The molecule has 0 atom stereocenters. The third-order valence-corrected chi connectivity index (χ3v) is 4.69. The van der Waals surface area contributed by atoms with Crippen LogP contribution in [0.2, 0.25) is 0 Å². The summed E-state index contributed by atoms with van der Waals surface area (Å²) in [6, 6.07) is 6.95. The number of aliphatic carboxylic acids is 1. The third-order valence-electron chi connectivity index (χ3n) is 4.69. The minimum absolute atomic E-state index is 0.146. The molecule has 1 fully saturated rings. The van der Waals surface area contributed by atoms with Gasteiger partial charge in [0.25, 0.3) is 5.91 Å². The van der Waals surface area contributed by atoms with E-state index in [0.717, 1.165) is 31.3 Å². The molecule has 3 rings (SSSR count). The average Bonchev–Trinajstić information content (AvgIpc) is 3.08. The van der Waals surface area contributed by atoms with E-state index in [0.29, 0.717) is 24.4 Å². The van der Waals surface area contributed by atoms with Gasteiger partial charge in [-0.05, 0) is 44.1 Å². The maximum atomic E-state index is 12.8. The number of amides is 1. The molecule has 1 N–H and O–H groups in total. The van der Waals surface area contributed by atoms with Crippen molar-refractivity contribution in [3.63, 3.8) is 0 Å². The number of methoxy groups -OCH3 is 1. The van der Waals surface area contributed by atoms with Crippen molar-refractivity contribution in [2.45, 2.75) is 19.3 Å². The lowest BCUT2D eigenvalue weighted by Crippen LogP contribution is -2.42. The first-order valence-corrected chi connectivity index (χ1v) is 8.88. The Labute approximate surface area is 152 Å². The number of hydrogen-bond acceptors (Lipinski definition) is 5. The van der Waals surface area contributed by atoms with Crippen LogP contribution >= 0.6 is 0 Å². The normalized spacial score (nSPS) is 15.1. The number of furan rings is 1. The zero-order valence-corrected chi connectivity index (χ0v) is 14.9. The Morgan fingerprint density at radius 1 is 1.23 bits per heavy atom. The summed E-state index contributed by atoms with van der Waals surface area (Å²) >= 11 is 0. The molecule has 0 saturated carbocycles. The number of benzene rings is 1. The maximum absolute atomic E-state index is 12.8. The Kier molecular flexibility index (Phi) is 5.78. The first-order valence-electron chi connectivity index (χ1n) is 8.88. The van der Waals surface area contributed by atoms with Crippen molar-refractivity contribution in [1.29, 1.82) is 0 Å². The quantitative estimate of drug-likeness (QED) is 0.817. The number of nitrogens with zero attached hydrogens (tertiary/aromatic N) is 2. The highest BCUT2D eigenvalue weighted by molar-refractivity contribution is 5.97. The highest BCUT2D eigenvalue weighted by Crippen LogP contribution is 2.25. The monoisotopic (exact) mass is 360 g/mol. The van der Waals surface area contributed by atoms with Crippen molar-refractivity contribution < 1.29 is 23.8 Å². The minimum Gasteiger partial charge on any atom is -0.497 e. The number of piperidine rings is 1. The van der Waals surface area contributed by atoms with Crippen molar-refractivity contribution in [3.8, 4) is 5.75 Å². The molecule has 0 aliphatic carbocycles. The van der Waals surface area contributed by atoms with Gasteiger partial charge in [-0.15, -0.1) is 0 Å². The van der Waals surface area contributed by atoms with Gasteiger partial charge in [0.1, 0.15) is 17.9 Å². The molecule has 0 spiro atoms. The number of carbonyl (C=O) groups is 2. The molecule has 0 bridgehead atoms. The number of fused-ring (bicyclic) bond motifs is 1. The van der Waals surface area contributed by atoms with Crippen LogP contribution in [-0.4, -0.2) is 66.6 Å². The number of carboxylic acid groups (broad SMARTS) is 1. The van der Waals surface area contributed by atoms with Gasteiger partial charge < -0.3 is 24.1 Å². The molecule has 7 nitrogen and oxygen atoms in total. The molecule has 2 aromatic rings. The highest BCUT2D eigenvalue weighted by atomic mass is 16.5. The molecule has 1 aliphatic rings. The highest BCUT2D eigenvalue weighted by Gasteiger charge is 2.23. The van der Waals surface area contributed by atoms with E-state index in [1.807, 2.05) is 6.07 Å².